The summed E-state index contributed by atoms with van der Waals surface area (Å²) in [4.78, 5) is 12.0. The molecule has 0 fully saturated rings. The van der Waals surface area contributed by atoms with Gasteiger partial charge in [-0.1, -0.05) is 29.8 Å². The lowest BCUT2D eigenvalue weighted by molar-refractivity contribution is -0.111. The Morgan fingerprint density at radius 1 is 1.19 bits per heavy atom. The molecule has 3 nitrogen and oxygen atoms in total. The van der Waals surface area contributed by atoms with E-state index in [1.54, 1.807) is 25.3 Å². The van der Waals surface area contributed by atoms with Crippen LogP contribution in [0.25, 0.3) is 6.08 Å². The van der Waals surface area contributed by atoms with Crippen LogP contribution in [0.2, 0.25) is 5.02 Å². The summed E-state index contributed by atoms with van der Waals surface area (Å²) in [5.74, 6) is 0.419. The quantitative estimate of drug-likeness (QED) is 0.855. The van der Waals surface area contributed by atoms with Gasteiger partial charge in [-0.15, -0.1) is 0 Å². The van der Waals surface area contributed by atoms with E-state index in [1.165, 1.54) is 6.08 Å². The number of benzene rings is 2. The lowest BCUT2D eigenvalue weighted by atomic mass is 10.2. The van der Waals surface area contributed by atoms with Crippen LogP contribution in [-0.2, 0) is 4.79 Å². The molecule has 0 saturated heterocycles. The maximum absolute atomic E-state index is 12.0. The Balaban J connectivity index is 2.08. The molecule has 0 saturated carbocycles. The van der Waals surface area contributed by atoms with E-state index >= 15 is 0 Å². The average molecular weight is 302 g/mol. The van der Waals surface area contributed by atoms with Gasteiger partial charge in [0.05, 0.1) is 12.8 Å². The molecule has 2 rings (SSSR count). The van der Waals surface area contributed by atoms with E-state index in [1.807, 2.05) is 37.3 Å². The first-order valence-corrected chi connectivity index (χ1v) is 6.85. The lowest BCUT2D eigenvalue weighted by Gasteiger charge is -2.09. The number of ether oxygens (including phenoxy) is 1. The van der Waals surface area contributed by atoms with Crippen molar-refractivity contribution in [1.29, 1.82) is 0 Å². The van der Waals surface area contributed by atoms with Gasteiger partial charge < -0.3 is 10.1 Å². The first-order valence-electron chi connectivity index (χ1n) is 6.48. The van der Waals surface area contributed by atoms with Crippen LogP contribution in [0.3, 0.4) is 0 Å². The first kappa shape index (κ1) is 15.1. The molecule has 21 heavy (non-hydrogen) atoms. The Hall–Kier alpha value is -2.26. The summed E-state index contributed by atoms with van der Waals surface area (Å²) in [5, 5.41) is 3.47. The fraction of sp³-hybridized carbons (Fsp3) is 0.118. The fourth-order valence-electron chi connectivity index (χ4n) is 1.84. The van der Waals surface area contributed by atoms with Crippen molar-refractivity contribution in [2.45, 2.75) is 6.92 Å². The van der Waals surface area contributed by atoms with Crippen molar-refractivity contribution in [1.82, 2.24) is 0 Å². The normalized spacial score (nSPS) is 10.6. The molecule has 0 aliphatic rings. The van der Waals surface area contributed by atoms with Gasteiger partial charge in [0, 0.05) is 11.1 Å². The standard InChI is InChI=1S/C17H16ClNO2/c1-12-3-9-16(21-2)15(11-12)19-17(20)10-6-13-4-7-14(18)8-5-13/h3-11H,1-2H3,(H,19,20). The third-order valence-electron chi connectivity index (χ3n) is 2.91. The van der Waals surface area contributed by atoms with E-state index in [-0.39, 0.29) is 5.91 Å². The van der Waals surface area contributed by atoms with E-state index < -0.39 is 0 Å². The smallest absolute Gasteiger partial charge is 0.248 e. The third-order valence-corrected chi connectivity index (χ3v) is 3.16. The SMILES string of the molecule is COc1ccc(C)cc1NC(=O)C=Cc1ccc(Cl)cc1. The summed E-state index contributed by atoms with van der Waals surface area (Å²) in [6.07, 6.45) is 3.21. The molecule has 0 spiro atoms. The Bertz CT molecular complexity index is 663. The van der Waals surface area contributed by atoms with E-state index in [0.717, 1.165) is 11.1 Å². The highest BCUT2D eigenvalue weighted by Gasteiger charge is 2.05. The maximum Gasteiger partial charge on any atom is 0.248 e. The van der Waals surface area contributed by atoms with Crippen molar-refractivity contribution in [2.75, 3.05) is 12.4 Å². The van der Waals surface area contributed by atoms with Gasteiger partial charge in [0.1, 0.15) is 5.75 Å². The van der Waals surface area contributed by atoms with Gasteiger partial charge in [-0.2, -0.15) is 0 Å². The number of aryl methyl sites for hydroxylation is 1. The first-order chi connectivity index (χ1) is 10.1. The topological polar surface area (TPSA) is 38.3 Å². The Labute approximate surface area is 129 Å². The van der Waals surface area contributed by atoms with Gasteiger partial charge in [-0.3, -0.25) is 4.79 Å². The van der Waals surface area contributed by atoms with E-state index in [4.69, 9.17) is 16.3 Å². The number of carbonyl (C=O) groups excluding carboxylic acids is 1. The van der Waals surface area contributed by atoms with Crippen molar-refractivity contribution >= 4 is 29.3 Å². The predicted molar refractivity (Wildman–Crippen MR) is 86.8 cm³/mol. The summed E-state index contributed by atoms with van der Waals surface area (Å²) >= 11 is 5.81. The molecule has 2 aromatic carbocycles. The molecule has 0 atom stereocenters. The van der Waals surface area contributed by atoms with Crippen LogP contribution >= 0.6 is 11.6 Å². The highest BCUT2D eigenvalue weighted by molar-refractivity contribution is 6.30. The molecule has 0 bridgehead atoms. The monoisotopic (exact) mass is 301 g/mol. The van der Waals surface area contributed by atoms with E-state index in [9.17, 15) is 4.79 Å². The van der Waals surface area contributed by atoms with Gasteiger partial charge in [0.2, 0.25) is 5.91 Å². The molecule has 1 amide bonds. The summed E-state index contributed by atoms with van der Waals surface area (Å²) in [6.45, 7) is 1.96. The van der Waals surface area contributed by atoms with Crippen LogP contribution in [0, 0.1) is 6.92 Å². The zero-order valence-corrected chi connectivity index (χ0v) is 12.6. The molecule has 0 heterocycles. The van der Waals surface area contributed by atoms with Crippen LogP contribution in [-0.4, -0.2) is 13.0 Å². The van der Waals surface area contributed by atoms with E-state index in [0.29, 0.717) is 16.5 Å². The highest BCUT2D eigenvalue weighted by Crippen LogP contribution is 2.25. The van der Waals surface area contributed by atoms with Gasteiger partial charge in [-0.05, 0) is 48.4 Å². The number of halogens is 1. The lowest BCUT2D eigenvalue weighted by Crippen LogP contribution is -2.09. The minimum absolute atomic E-state index is 0.214. The number of methoxy groups -OCH3 is 1. The Kier molecular flexibility index (Phi) is 5.01. The van der Waals surface area contributed by atoms with Crippen molar-refractivity contribution in [3.63, 3.8) is 0 Å². The number of amides is 1. The minimum Gasteiger partial charge on any atom is -0.495 e. The zero-order valence-electron chi connectivity index (χ0n) is 11.9. The van der Waals surface area contributed by atoms with Crippen LogP contribution in [0.15, 0.2) is 48.5 Å². The van der Waals surface area contributed by atoms with Crippen LogP contribution in [0.5, 0.6) is 5.75 Å². The molecule has 0 aromatic heterocycles. The summed E-state index contributed by atoms with van der Waals surface area (Å²) < 4.78 is 5.22. The number of rotatable bonds is 4. The summed E-state index contributed by atoms with van der Waals surface area (Å²) in [5.41, 5.74) is 2.61. The van der Waals surface area contributed by atoms with Crippen molar-refractivity contribution < 1.29 is 9.53 Å². The highest BCUT2D eigenvalue weighted by atomic mass is 35.5. The zero-order chi connectivity index (χ0) is 15.2. The average Bonchev–Trinajstić information content (AvgIpc) is 2.47. The molecular formula is C17H16ClNO2. The maximum atomic E-state index is 12.0. The van der Waals surface area contributed by atoms with Crippen molar-refractivity contribution in [3.8, 4) is 5.75 Å². The molecule has 108 valence electrons. The fourth-order valence-corrected chi connectivity index (χ4v) is 1.97. The predicted octanol–water partition coefficient (Wildman–Crippen LogP) is 4.31. The number of carbonyl (C=O) groups is 1. The van der Waals surface area contributed by atoms with Crippen LogP contribution in [0.1, 0.15) is 11.1 Å². The second kappa shape index (κ2) is 6.95. The number of hydrogen-bond donors (Lipinski definition) is 1. The van der Waals surface area contributed by atoms with Gasteiger partial charge in [-0.25, -0.2) is 0 Å². The van der Waals surface area contributed by atoms with Gasteiger partial charge in [0.25, 0.3) is 0 Å². The largest absolute Gasteiger partial charge is 0.495 e. The second-order valence-electron chi connectivity index (χ2n) is 4.58. The van der Waals surface area contributed by atoms with Gasteiger partial charge >= 0.3 is 0 Å². The molecule has 0 aliphatic heterocycles. The third kappa shape index (κ3) is 4.36. The number of nitrogens with one attached hydrogen (secondary N) is 1. The molecule has 4 heteroatoms. The Morgan fingerprint density at radius 2 is 1.90 bits per heavy atom. The van der Waals surface area contributed by atoms with Crippen molar-refractivity contribution in [3.05, 3.63) is 64.7 Å². The molecule has 0 aliphatic carbocycles. The van der Waals surface area contributed by atoms with E-state index in [2.05, 4.69) is 5.32 Å². The Morgan fingerprint density at radius 3 is 2.57 bits per heavy atom. The molecule has 2 aromatic rings. The molecular weight excluding hydrogens is 286 g/mol. The molecule has 1 N–H and O–H groups in total. The minimum atomic E-state index is -0.214. The van der Waals surface area contributed by atoms with Crippen LogP contribution < -0.4 is 10.1 Å². The van der Waals surface area contributed by atoms with Crippen molar-refractivity contribution in [2.24, 2.45) is 0 Å². The number of hydrogen-bond acceptors (Lipinski definition) is 2. The second-order valence-corrected chi connectivity index (χ2v) is 5.01. The van der Waals surface area contributed by atoms with Gasteiger partial charge in [0.15, 0.2) is 0 Å². The van der Waals surface area contributed by atoms with Crippen LogP contribution in [0.4, 0.5) is 5.69 Å². The summed E-state index contributed by atoms with van der Waals surface area (Å²) in [6, 6.07) is 12.9. The number of anilines is 1. The molecule has 0 radical (unpaired) electrons. The summed E-state index contributed by atoms with van der Waals surface area (Å²) in [7, 11) is 1.57. The molecule has 0 unspecified atom stereocenters.